The summed E-state index contributed by atoms with van der Waals surface area (Å²) in [7, 11) is 0. The maximum atomic E-state index is 12.9. The Morgan fingerprint density at radius 1 is 1.23 bits per heavy atom. The van der Waals surface area contributed by atoms with E-state index in [1.807, 2.05) is 51.1 Å². The van der Waals surface area contributed by atoms with E-state index in [2.05, 4.69) is 4.99 Å². The number of amides is 1. The lowest BCUT2D eigenvalue weighted by molar-refractivity contribution is -0.119. The number of thioether (sulfide) groups is 1. The van der Waals surface area contributed by atoms with Crippen molar-refractivity contribution in [3.63, 3.8) is 0 Å². The minimum atomic E-state index is -0.161. The Morgan fingerprint density at radius 2 is 1.96 bits per heavy atom. The molecule has 0 N–H and O–H groups in total. The van der Waals surface area contributed by atoms with E-state index in [1.54, 1.807) is 28.8 Å². The van der Waals surface area contributed by atoms with Crippen LogP contribution >= 0.6 is 23.4 Å². The van der Waals surface area contributed by atoms with Gasteiger partial charge in [-0.25, -0.2) is 0 Å². The molecular weight excluding hydrogens is 368 g/mol. The van der Waals surface area contributed by atoms with Crippen molar-refractivity contribution in [1.29, 1.82) is 0 Å². The summed E-state index contributed by atoms with van der Waals surface area (Å²) in [5, 5.41) is 1.33. The molecule has 26 heavy (non-hydrogen) atoms. The van der Waals surface area contributed by atoms with Gasteiger partial charge in [-0.2, -0.15) is 0 Å². The summed E-state index contributed by atoms with van der Waals surface area (Å²) >= 11 is 7.56. The number of aliphatic imine (C=N–C) groups is 1. The third kappa shape index (κ3) is 4.40. The lowest BCUT2D eigenvalue weighted by atomic mass is 10.1. The number of carbonyl (C=O) groups excluding carboxylic acids is 1. The molecule has 0 aromatic heterocycles. The van der Waals surface area contributed by atoms with Crippen molar-refractivity contribution < 1.29 is 9.53 Å². The molecule has 3 rings (SSSR count). The van der Waals surface area contributed by atoms with Crippen molar-refractivity contribution in [2.24, 2.45) is 4.99 Å². The topological polar surface area (TPSA) is 41.9 Å². The lowest BCUT2D eigenvalue weighted by Crippen LogP contribution is -2.38. The zero-order valence-electron chi connectivity index (χ0n) is 15.0. The van der Waals surface area contributed by atoms with Crippen LogP contribution in [0.4, 0.5) is 5.69 Å². The second-order valence-electron chi connectivity index (χ2n) is 6.31. The molecule has 1 atom stereocenters. The molecule has 0 saturated heterocycles. The third-order valence-electron chi connectivity index (χ3n) is 4.15. The van der Waals surface area contributed by atoms with Crippen molar-refractivity contribution in [1.82, 2.24) is 0 Å². The van der Waals surface area contributed by atoms with Crippen LogP contribution in [-0.2, 0) is 4.79 Å². The highest BCUT2D eigenvalue weighted by atomic mass is 35.5. The molecule has 2 aromatic rings. The Balaban J connectivity index is 1.79. The zero-order chi connectivity index (χ0) is 18.7. The molecule has 136 valence electrons. The quantitative estimate of drug-likeness (QED) is 0.751. The van der Waals surface area contributed by atoms with E-state index in [0.717, 1.165) is 17.0 Å². The van der Waals surface area contributed by atoms with Crippen molar-refractivity contribution in [2.75, 3.05) is 17.3 Å². The number of aryl methyl sites for hydroxylation is 2. The summed E-state index contributed by atoms with van der Waals surface area (Å²) < 4.78 is 5.73. The van der Waals surface area contributed by atoms with Gasteiger partial charge in [0.25, 0.3) is 5.91 Å². The van der Waals surface area contributed by atoms with Crippen LogP contribution in [0.25, 0.3) is 0 Å². The summed E-state index contributed by atoms with van der Waals surface area (Å²) in [4.78, 5) is 19.1. The number of rotatable bonds is 4. The maximum Gasteiger partial charge on any atom is 0.271 e. The SMILES string of the molecule is Cc1ccc(OCC(=O)N(C2=N[C@H](C)CS2)c2ccc(Cl)cc2)cc1C. The van der Waals surface area contributed by atoms with Gasteiger partial charge in [-0.05, 0) is 68.3 Å². The molecule has 0 radical (unpaired) electrons. The molecule has 0 unspecified atom stereocenters. The molecule has 6 heteroatoms. The van der Waals surface area contributed by atoms with Crippen molar-refractivity contribution in [3.05, 3.63) is 58.6 Å². The molecule has 0 saturated carbocycles. The molecule has 4 nitrogen and oxygen atoms in total. The lowest BCUT2D eigenvalue weighted by Gasteiger charge is -2.22. The summed E-state index contributed by atoms with van der Waals surface area (Å²) in [5.74, 6) is 1.39. The fourth-order valence-electron chi connectivity index (χ4n) is 2.55. The smallest absolute Gasteiger partial charge is 0.271 e. The fourth-order valence-corrected chi connectivity index (χ4v) is 3.73. The van der Waals surface area contributed by atoms with E-state index in [0.29, 0.717) is 15.9 Å². The van der Waals surface area contributed by atoms with E-state index in [1.165, 1.54) is 5.56 Å². The highest BCUT2D eigenvalue weighted by molar-refractivity contribution is 8.14. The van der Waals surface area contributed by atoms with Crippen molar-refractivity contribution in [2.45, 2.75) is 26.8 Å². The number of amidine groups is 1. The first-order valence-corrected chi connectivity index (χ1v) is 9.79. The first-order chi connectivity index (χ1) is 12.4. The number of benzene rings is 2. The van der Waals surface area contributed by atoms with Gasteiger partial charge in [0.2, 0.25) is 0 Å². The predicted molar refractivity (Wildman–Crippen MR) is 110 cm³/mol. The molecule has 1 heterocycles. The largest absolute Gasteiger partial charge is 0.484 e. The van der Waals surface area contributed by atoms with Gasteiger partial charge in [-0.15, -0.1) is 0 Å². The van der Waals surface area contributed by atoms with Crippen LogP contribution in [0.3, 0.4) is 0 Å². The molecule has 1 amide bonds. The Kier molecular flexibility index (Phi) is 5.89. The summed E-state index contributed by atoms with van der Waals surface area (Å²) in [6.07, 6.45) is 0. The Labute approximate surface area is 163 Å². The molecule has 0 fully saturated rings. The Hall–Kier alpha value is -1.98. The van der Waals surface area contributed by atoms with Crippen molar-refractivity contribution >= 4 is 40.1 Å². The molecule has 0 aliphatic carbocycles. The standard InChI is InChI=1S/C20H21ClN2O2S/c1-13-4-9-18(10-14(13)2)25-11-19(24)23(20-22-15(3)12-26-20)17-7-5-16(21)6-8-17/h4-10,15H,11-12H2,1-3H3/t15-/m1/s1. The molecule has 0 bridgehead atoms. The first kappa shape index (κ1) is 18.8. The van der Waals surface area contributed by atoms with Gasteiger partial charge in [0.15, 0.2) is 11.8 Å². The van der Waals surface area contributed by atoms with Crippen LogP contribution in [-0.4, -0.2) is 29.5 Å². The van der Waals surface area contributed by atoms with Crippen LogP contribution in [0.1, 0.15) is 18.1 Å². The van der Waals surface area contributed by atoms with Crippen LogP contribution < -0.4 is 9.64 Å². The Morgan fingerprint density at radius 3 is 2.58 bits per heavy atom. The predicted octanol–water partition coefficient (Wildman–Crippen LogP) is 4.86. The fraction of sp³-hybridized carbons (Fsp3) is 0.300. The van der Waals surface area contributed by atoms with Gasteiger partial charge in [0.05, 0.1) is 11.7 Å². The van der Waals surface area contributed by atoms with Gasteiger partial charge in [0, 0.05) is 10.8 Å². The van der Waals surface area contributed by atoms with E-state index in [4.69, 9.17) is 16.3 Å². The van der Waals surface area contributed by atoms with E-state index in [-0.39, 0.29) is 18.6 Å². The van der Waals surface area contributed by atoms with Crippen LogP contribution in [0, 0.1) is 13.8 Å². The van der Waals surface area contributed by atoms with Crippen molar-refractivity contribution in [3.8, 4) is 5.75 Å². The number of halogens is 1. The second-order valence-corrected chi connectivity index (χ2v) is 7.74. The van der Waals surface area contributed by atoms with Gasteiger partial charge >= 0.3 is 0 Å². The van der Waals surface area contributed by atoms with E-state index in [9.17, 15) is 4.79 Å². The number of hydrogen-bond acceptors (Lipinski definition) is 4. The maximum absolute atomic E-state index is 12.9. The number of carbonyl (C=O) groups is 1. The highest BCUT2D eigenvalue weighted by Crippen LogP contribution is 2.27. The van der Waals surface area contributed by atoms with E-state index < -0.39 is 0 Å². The minimum absolute atomic E-state index is 0.0565. The molecule has 1 aliphatic rings. The first-order valence-electron chi connectivity index (χ1n) is 8.43. The number of nitrogens with zero attached hydrogens (tertiary/aromatic N) is 2. The number of hydrogen-bond donors (Lipinski definition) is 0. The number of anilines is 1. The molecule has 1 aliphatic heterocycles. The van der Waals surface area contributed by atoms with Crippen LogP contribution in [0.15, 0.2) is 47.5 Å². The summed E-state index contributed by atoms with van der Waals surface area (Å²) in [5.41, 5.74) is 3.06. The van der Waals surface area contributed by atoms with Gasteiger partial charge < -0.3 is 4.74 Å². The monoisotopic (exact) mass is 388 g/mol. The van der Waals surface area contributed by atoms with Gasteiger partial charge in [0.1, 0.15) is 5.75 Å². The molecule has 0 spiro atoms. The second kappa shape index (κ2) is 8.14. The zero-order valence-corrected chi connectivity index (χ0v) is 16.6. The summed E-state index contributed by atoms with van der Waals surface area (Å²) in [6.45, 7) is 6.05. The minimum Gasteiger partial charge on any atom is -0.484 e. The summed E-state index contributed by atoms with van der Waals surface area (Å²) in [6, 6.07) is 13.2. The molecular formula is C20H21ClN2O2S. The number of ether oxygens (including phenoxy) is 1. The van der Waals surface area contributed by atoms with Crippen LogP contribution in [0.5, 0.6) is 5.75 Å². The Bertz CT molecular complexity index is 836. The van der Waals surface area contributed by atoms with Gasteiger partial charge in [-0.3, -0.25) is 14.7 Å². The average molecular weight is 389 g/mol. The normalized spacial score (nSPS) is 16.3. The van der Waals surface area contributed by atoms with E-state index >= 15 is 0 Å². The van der Waals surface area contributed by atoms with Crippen LogP contribution in [0.2, 0.25) is 5.02 Å². The average Bonchev–Trinajstić information content (AvgIpc) is 3.04. The molecule has 2 aromatic carbocycles. The highest BCUT2D eigenvalue weighted by Gasteiger charge is 2.27. The van der Waals surface area contributed by atoms with Gasteiger partial charge in [-0.1, -0.05) is 29.4 Å². The third-order valence-corrected chi connectivity index (χ3v) is 5.60.